The Bertz CT molecular complexity index is 197. The van der Waals surface area contributed by atoms with Crippen molar-refractivity contribution in [1.29, 1.82) is 0 Å². The van der Waals surface area contributed by atoms with Gasteiger partial charge in [0.1, 0.15) is 0 Å². The van der Waals surface area contributed by atoms with Gasteiger partial charge in [-0.05, 0) is 46.0 Å². The van der Waals surface area contributed by atoms with Crippen molar-refractivity contribution >= 4 is 0 Å². The van der Waals surface area contributed by atoms with Gasteiger partial charge in [0.2, 0.25) is 0 Å². The fourth-order valence-corrected chi connectivity index (χ4v) is 1.54. The molecule has 2 N–H and O–H groups in total. The summed E-state index contributed by atoms with van der Waals surface area (Å²) >= 11 is 0. The first-order valence-electron chi connectivity index (χ1n) is 5.84. The highest BCUT2D eigenvalue weighted by atomic mass is 16.3. The van der Waals surface area contributed by atoms with E-state index in [1.807, 2.05) is 13.8 Å². The van der Waals surface area contributed by atoms with E-state index in [-0.39, 0.29) is 0 Å². The van der Waals surface area contributed by atoms with Gasteiger partial charge in [-0.25, -0.2) is 0 Å². The minimum atomic E-state index is -0.639. The molecule has 0 atom stereocenters. The van der Waals surface area contributed by atoms with Crippen LogP contribution in [0.2, 0.25) is 0 Å². The molecule has 0 fully saturated rings. The summed E-state index contributed by atoms with van der Waals surface area (Å²) in [5, 5.41) is 19.7. The van der Waals surface area contributed by atoms with Gasteiger partial charge in [-0.15, -0.1) is 0 Å². The first-order valence-corrected chi connectivity index (χ1v) is 5.84. The van der Waals surface area contributed by atoms with Gasteiger partial charge in [0.15, 0.2) is 0 Å². The van der Waals surface area contributed by atoms with Crippen LogP contribution in [0.5, 0.6) is 0 Å². The Morgan fingerprint density at radius 2 is 1.60 bits per heavy atom. The van der Waals surface area contributed by atoms with Crippen LogP contribution >= 0.6 is 0 Å². The predicted molar refractivity (Wildman–Crippen MR) is 64.8 cm³/mol. The first kappa shape index (κ1) is 14.7. The standard InChI is InChI=1S/C13H26O2/c1-6-13(15,7-2)10-11(3)8-9-12(4,5)14/h14-15H,3,6-10H2,1-2,4-5H3. The monoisotopic (exact) mass is 214 g/mol. The van der Waals surface area contributed by atoms with Crippen LogP contribution in [0.1, 0.15) is 59.8 Å². The second kappa shape index (κ2) is 5.66. The zero-order valence-corrected chi connectivity index (χ0v) is 10.6. The third kappa shape index (κ3) is 6.69. The molecule has 0 spiro atoms. The topological polar surface area (TPSA) is 40.5 Å². The van der Waals surface area contributed by atoms with Crippen LogP contribution in [0.3, 0.4) is 0 Å². The molecule has 0 saturated carbocycles. The number of rotatable bonds is 7. The molecule has 0 saturated heterocycles. The molecule has 0 rings (SSSR count). The molecule has 2 nitrogen and oxygen atoms in total. The van der Waals surface area contributed by atoms with Gasteiger partial charge in [0, 0.05) is 0 Å². The van der Waals surface area contributed by atoms with Gasteiger partial charge in [0.25, 0.3) is 0 Å². The van der Waals surface area contributed by atoms with Gasteiger partial charge in [-0.2, -0.15) is 0 Å². The van der Waals surface area contributed by atoms with Crippen LogP contribution in [0, 0.1) is 0 Å². The van der Waals surface area contributed by atoms with Crippen molar-refractivity contribution in [3.8, 4) is 0 Å². The van der Waals surface area contributed by atoms with Crippen molar-refractivity contribution in [3.05, 3.63) is 12.2 Å². The summed E-state index contributed by atoms with van der Waals surface area (Å²) in [6.07, 6.45) is 3.65. The van der Waals surface area contributed by atoms with Crippen molar-refractivity contribution in [2.75, 3.05) is 0 Å². The Balaban J connectivity index is 4.04. The van der Waals surface area contributed by atoms with Crippen molar-refractivity contribution in [3.63, 3.8) is 0 Å². The van der Waals surface area contributed by atoms with Crippen LogP contribution in [-0.4, -0.2) is 21.4 Å². The maximum absolute atomic E-state index is 10.1. The van der Waals surface area contributed by atoms with Crippen molar-refractivity contribution < 1.29 is 10.2 Å². The summed E-state index contributed by atoms with van der Waals surface area (Å²) in [7, 11) is 0. The molecular formula is C13H26O2. The third-order valence-electron chi connectivity index (χ3n) is 2.99. The number of hydrogen-bond donors (Lipinski definition) is 2. The molecule has 90 valence electrons. The van der Waals surface area contributed by atoms with E-state index in [0.717, 1.165) is 24.8 Å². The Labute approximate surface area is 94.0 Å². The molecule has 0 aliphatic heterocycles. The molecular weight excluding hydrogens is 188 g/mol. The SMILES string of the molecule is C=C(CCC(C)(C)O)CC(O)(CC)CC. The van der Waals surface area contributed by atoms with Crippen molar-refractivity contribution in [2.45, 2.75) is 71.0 Å². The Morgan fingerprint density at radius 1 is 1.13 bits per heavy atom. The predicted octanol–water partition coefficient (Wildman–Crippen LogP) is 3.03. The summed E-state index contributed by atoms with van der Waals surface area (Å²) < 4.78 is 0. The Morgan fingerprint density at radius 3 is 1.93 bits per heavy atom. The summed E-state index contributed by atoms with van der Waals surface area (Å²) in [6, 6.07) is 0. The van der Waals surface area contributed by atoms with Crippen LogP contribution in [0.25, 0.3) is 0 Å². The van der Waals surface area contributed by atoms with E-state index in [1.54, 1.807) is 13.8 Å². The molecule has 0 aromatic heterocycles. The molecule has 2 heteroatoms. The van der Waals surface area contributed by atoms with E-state index in [9.17, 15) is 10.2 Å². The maximum Gasteiger partial charge on any atom is 0.0679 e. The van der Waals surface area contributed by atoms with Crippen LogP contribution in [0.4, 0.5) is 0 Å². The highest BCUT2D eigenvalue weighted by Crippen LogP contribution is 2.26. The maximum atomic E-state index is 10.1. The highest BCUT2D eigenvalue weighted by molar-refractivity contribution is 5.01. The van der Waals surface area contributed by atoms with Crippen LogP contribution in [-0.2, 0) is 0 Å². The molecule has 15 heavy (non-hydrogen) atoms. The zero-order valence-electron chi connectivity index (χ0n) is 10.6. The summed E-state index contributed by atoms with van der Waals surface area (Å²) in [5.74, 6) is 0. The van der Waals surface area contributed by atoms with E-state index in [0.29, 0.717) is 12.8 Å². The minimum absolute atomic E-state index is 0.601. The lowest BCUT2D eigenvalue weighted by Gasteiger charge is -2.27. The van der Waals surface area contributed by atoms with Gasteiger partial charge in [-0.1, -0.05) is 26.0 Å². The third-order valence-corrected chi connectivity index (χ3v) is 2.99. The van der Waals surface area contributed by atoms with Gasteiger partial charge in [-0.3, -0.25) is 0 Å². The fraction of sp³-hybridized carbons (Fsp3) is 0.846. The summed E-state index contributed by atoms with van der Waals surface area (Å²) in [6.45, 7) is 11.5. The van der Waals surface area contributed by atoms with Gasteiger partial charge >= 0.3 is 0 Å². The van der Waals surface area contributed by atoms with E-state index in [1.165, 1.54) is 0 Å². The van der Waals surface area contributed by atoms with E-state index in [2.05, 4.69) is 6.58 Å². The van der Waals surface area contributed by atoms with E-state index >= 15 is 0 Å². The molecule has 0 aromatic carbocycles. The largest absolute Gasteiger partial charge is 0.390 e. The van der Waals surface area contributed by atoms with Crippen LogP contribution in [0.15, 0.2) is 12.2 Å². The summed E-state index contributed by atoms with van der Waals surface area (Å²) in [4.78, 5) is 0. The fourth-order valence-electron chi connectivity index (χ4n) is 1.54. The highest BCUT2D eigenvalue weighted by Gasteiger charge is 2.23. The first-order chi connectivity index (χ1) is 6.72. The smallest absolute Gasteiger partial charge is 0.0679 e. The number of aliphatic hydroxyl groups is 2. The average molecular weight is 214 g/mol. The van der Waals surface area contributed by atoms with E-state index < -0.39 is 11.2 Å². The Hall–Kier alpha value is -0.340. The molecule has 0 aromatic rings. The van der Waals surface area contributed by atoms with Gasteiger partial charge < -0.3 is 10.2 Å². The second-order valence-electron chi connectivity index (χ2n) is 5.17. The normalized spacial score (nSPS) is 12.9. The zero-order chi connectivity index (χ0) is 12.1. The molecule has 0 heterocycles. The average Bonchev–Trinajstić information content (AvgIpc) is 2.13. The molecule has 0 amide bonds. The minimum Gasteiger partial charge on any atom is -0.390 e. The lowest BCUT2D eigenvalue weighted by molar-refractivity contribution is 0.0298. The molecule has 0 unspecified atom stereocenters. The van der Waals surface area contributed by atoms with Gasteiger partial charge in [0.05, 0.1) is 11.2 Å². The molecule has 0 bridgehead atoms. The Kier molecular flexibility index (Phi) is 5.54. The summed E-state index contributed by atoms with van der Waals surface area (Å²) in [5.41, 5.74) is -0.209. The van der Waals surface area contributed by atoms with Crippen LogP contribution < -0.4 is 0 Å². The molecule has 0 aliphatic carbocycles. The second-order valence-corrected chi connectivity index (χ2v) is 5.17. The van der Waals surface area contributed by atoms with Crippen molar-refractivity contribution in [2.24, 2.45) is 0 Å². The molecule has 0 radical (unpaired) electrons. The lowest BCUT2D eigenvalue weighted by Crippen LogP contribution is -2.27. The lowest BCUT2D eigenvalue weighted by atomic mass is 9.87. The van der Waals surface area contributed by atoms with Crippen molar-refractivity contribution in [1.82, 2.24) is 0 Å². The number of hydrogen-bond acceptors (Lipinski definition) is 2. The quantitative estimate of drug-likeness (QED) is 0.639. The van der Waals surface area contributed by atoms with E-state index in [4.69, 9.17) is 0 Å². The molecule has 0 aliphatic rings.